The number of nitrogens with zero attached hydrogens (tertiary/aromatic N) is 5. The van der Waals surface area contributed by atoms with Crippen molar-refractivity contribution in [1.29, 1.82) is 5.26 Å². The van der Waals surface area contributed by atoms with E-state index in [1.807, 2.05) is 30.5 Å². The number of carbonyl (C=O) groups excluding carboxylic acids is 1. The largest absolute Gasteiger partial charge is 0.342 e. The summed E-state index contributed by atoms with van der Waals surface area (Å²) in [5.41, 5.74) is 1.63. The third kappa shape index (κ3) is 4.91. The fourth-order valence-corrected chi connectivity index (χ4v) is 3.92. The maximum atomic E-state index is 13.0. The van der Waals surface area contributed by atoms with Gasteiger partial charge in [-0.05, 0) is 60.7 Å². The second-order valence-electron chi connectivity index (χ2n) is 7.60. The zero-order valence-corrected chi connectivity index (χ0v) is 17.5. The first kappa shape index (κ1) is 21.0. The molecule has 1 fully saturated rings. The molecular weight excluding hydrogens is 400 g/mol. The van der Waals surface area contributed by atoms with Crippen molar-refractivity contribution in [3.8, 4) is 17.9 Å². The maximum absolute atomic E-state index is 13.0. The van der Waals surface area contributed by atoms with Crippen LogP contribution < -0.4 is 5.32 Å². The Labute approximate surface area is 186 Å². The Kier molecular flexibility index (Phi) is 6.38. The predicted molar refractivity (Wildman–Crippen MR) is 119 cm³/mol. The quantitative estimate of drug-likeness (QED) is 0.387. The second-order valence-corrected chi connectivity index (χ2v) is 7.60. The minimum absolute atomic E-state index is 0.0134. The molecule has 3 aromatic rings. The molecule has 7 nitrogen and oxygen atoms in total. The molecule has 0 radical (unpaired) electrons. The Hall–Kier alpha value is -4.23. The molecule has 1 aliphatic rings. The standard InChI is InChI=1S/C25H22N6O/c26-19-20(24(32)30-25(11-1-2-12-25)21-9-14-27-15-10-21)18-23-7-3-6-22(29-23)8-4-16-31-17-5-13-28-31/h3,5-7,9-10,13-15,17-18H,1-2,11-12,16H2,(H,30,32)/b20-18+. The van der Waals surface area contributed by atoms with E-state index in [0.29, 0.717) is 17.9 Å². The van der Waals surface area contributed by atoms with Gasteiger partial charge in [-0.15, -0.1) is 0 Å². The van der Waals surface area contributed by atoms with Crippen LogP contribution in [0.5, 0.6) is 0 Å². The molecule has 0 unspecified atom stereocenters. The molecule has 0 aromatic carbocycles. The molecule has 3 heterocycles. The van der Waals surface area contributed by atoms with Crippen molar-refractivity contribution < 1.29 is 4.79 Å². The molecule has 1 amide bonds. The van der Waals surface area contributed by atoms with Crippen molar-refractivity contribution in [3.63, 3.8) is 0 Å². The number of pyridine rings is 2. The molecule has 3 aromatic heterocycles. The molecule has 1 aliphatic carbocycles. The highest BCUT2D eigenvalue weighted by molar-refractivity contribution is 6.02. The molecule has 0 saturated heterocycles. The molecule has 0 aliphatic heterocycles. The van der Waals surface area contributed by atoms with Crippen LogP contribution >= 0.6 is 0 Å². The highest BCUT2D eigenvalue weighted by atomic mass is 16.1. The Morgan fingerprint density at radius 1 is 1.16 bits per heavy atom. The van der Waals surface area contributed by atoms with E-state index in [1.54, 1.807) is 41.5 Å². The maximum Gasteiger partial charge on any atom is 0.262 e. The monoisotopic (exact) mass is 422 g/mol. The zero-order chi connectivity index (χ0) is 22.2. The molecule has 32 heavy (non-hydrogen) atoms. The molecule has 0 atom stereocenters. The summed E-state index contributed by atoms with van der Waals surface area (Å²) >= 11 is 0. The minimum Gasteiger partial charge on any atom is -0.342 e. The van der Waals surface area contributed by atoms with Crippen LogP contribution in [0.2, 0.25) is 0 Å². The highest BCUT2D eigenvalue weighted by Gasteiger charge is 2.37. The summed E-state index contributed by atoms with van der Waals surface area (Å²) in [5.74, 6) is 5.60. The van der Waals surface area contributed by atoms with Crippen molar-refractivity contribution in [1.82, 2.24) is 25.1 Å². The van der Waals surface area contributed by atoms with E-state index in [9.17, 15) is 10.1 Å². The number of amides is 1. The SMILES string of the molecule is N#C/C(=C\c1cccc(C#CCn2cccn2)n1)C(=O)NC1(c2ccncc2)CCCC1. The van der Waals surface area contributed by atoms with Crippen LogP contribution in [0, 0.1) is 23.2 Å². The molecule has 7 heteroatoms. The summed E-state index contributed by atoms with van der Waals surface area (Å²) in [6.45, 7) is 0.456. The van der Waals surface area contributed by atoms with Gasteiger partial charge in [-0.25, -0.2) is 4.98 Å². The number of carbonyl (C=O) groups is 1. The van der Waals surface area contributed by atoms with Crippen LogP contribution in [-0.4, -0.2) is 25.7 Å². The molecule has 1 saturated carbocycles. The lowest BCUT2D eigenvalue weighted by Gasteiger charge is -2.30. The van der Waals surface area contributed by atoms with Crippen LogP contribution in [0.25, 0.3) is 6.08 Å². The predicted octanol–water partition coefficient (Wildman–Crippen LogP) is 3.22. The number of hydrogen-bond acceptors (Lipinski definition) is 5. The first-order valence-electron chi connectivity index (χ1n) is 10.5. The first-order chi connectivity index (χ1) is 15.7. The summed E-state index contributed by atoms with van der Waals surface area (Å²) in [6.07, 6.45) is 12.2. The summed E-state index contributed by atoms with van der Waals surface area (Å²) in [5, 5.41) is 16.9. The highest BCUT2D eigenvalue weighted by Crippen LogP contribution is 2.38. The summed E-state index contributed by atoms with van der Waals surface area (Å²) in [4.78, 5) is 21.5. The molecular formula is C25H22N6O. The number of nitriles is 1. The smallest absolute Gasteiger partial charge is 0.262 e. The van der Waals surface area contributed by atoms with Gasteiger partial charge in [-0.2, -0.15) is 10.4 Å². The van der Waals surface area contributed by atoms with Crippen LogP contribution in [0.4, 0.5) is 0 Å². The van der Waals surface area contributed by atoms with Gasteiger partial charge in [-0.3, -0.25) is 14.5 Å². The molecule has 0 spiro atoms. The molecule has 1 N–H and O–H groups in total. The van der Waals surface area contributed by atoms with E-state index in [1.165, 1.54) is 6.08 Å². The van der Waals surface area contributed by atoms with Crippen molar-refractivity contribution >= 4 is 12.0 Å². The fourth-order valence-electron chi connectivity index (χ4n) is 3.92. The molecule has 158 valence electrons. The Morgan fingerprint density at radius 3 is 2.69 bits per heavy atom. The van der Waals surface area contributed by atoms with Crippen LogP contribution in [0.1, 0.15) is 42.6 Å². The normalized spacial score (nSPS) is 14.8. The van der Waals surface area contributed by atoms with Crippen LogP contribution in [-0.2, 0) is 16.9 Å². The molecule has 0 bridgehead atoms. The zero-order valence-electron chi connectivity index (χ0n) is 17.5. The van der Waals surface area contributed by atoms with Crippen LogP contribution in [0.15, 0.2) is 66.8 Å². The average Bonchev–Trinajstić information content (AvgIpc) is 3.51. The van der Waals surface area contributed by atoms with Gasteiger partial charge in [0.05, 0.1) is 11.2 Å². The summed E-state index contributed by atoms with van der Waals surface area (Å²) in [6, 6.07) is 13.1. The third-order valence-corrected chi connectivity index (χ3v) is 5.49. The van der Waals surface area contributed by atoms with E-state index in [-0.39, 0.29) is 5.57 Å². The fraction of sp³-hybridized carbons (Fsp3) is 0.240. The van der Waals surface area contributed by atoms with Gasteiger partial charge in [0, 0.05) is 24.8 Å². The van der Waals surface area contributed by atoms with Crippen LogP contribution in [0.3, 0.4) is 0 Å². The lowest BCUT2D eigenvalue weighted by Crippen LogP contribution is -2.44. The first-order valence-corrected chi connectivity index (χ1v) is 10.5. The van der Waals surface area contributed by atoms with Crippen molar-refractivity contribution in [2.45, 2.75) is 37.8 Å². The second kappa shape index (κ2) is 9.72. The minimum atomic E-state index is -0.469. The topological polar surface area (TPSA) is 96.5 Å². The van der Waals surface area contributed by atoms with Gasteiger partial charge in [0.25, 0.3) is 5.91 Å². The van der Waals surface area contributed by atoms with Gasteiger partial charge < -0.3 is 5.32 Å². The van der Waals surface area contributed by atoms with Gasteiger partial charge in [-0.1, -0.05) is 24.8 Å². The van der Waals surface area contributed by atoms with Gasteiger partial charge in [0.2, 0.25) is 0 Å². The van der Waals surface area contributed by atoms with E-state index in [0.717, 1.165) is 31.2 Å². The van der Waals surface area contributed by atoms with Crippen molar-refractivity contribution in [2.75, 3.05) is 0 Å². The van der Waals surface area contributed by atoms with Gasteiger partial charge >= 0.3 is 0 Å². The number of nitrogens with one attached hydrogen (secondary N) is 1. The van der Waals surface area contributed by atoms with Crippen molar-refractivity contribution in [2.24, 2.45) is 0 Å². The third-order valence-electron chi connectivity index (χ3n) is 5.49. The Morgan fingerprint density at radius 2 is 1.97 bits per heavy atom. The summed E-state index contributed by atoms with van der Waals surface area (Å²) < 4.78 is 1.72. The van der Waals surface area contributed by atoms with E-state index in [4.69, 9.17) is 0 Å². The Balaban J connectivity index is 1.52. The van der Waals surface area contributed by atoms with E-state index in [2.05, 4.69) is 32.2 Å². The van der Waals surface area contributed by atoms with Crippen molar-refractivity contribution in [3.05, 3.63) is 83.7 Å². The average molecular weight is 422 g/mol. The number of hydrogen-bond donors (Lipinski definition) is 1. The Bertz CT molecular complexity index is 1210. The number of aromatic nitrogens is 4. The lowest BCUT2D eigenvalue weighted by molar-refractivity contribution is -0.119. The van der Waals surface area contributed by atoms with E-state index < -0.39 is 11.4 Å². The lowest BCUT2D eigenvalue weighted by atomic mass is 9.88. The number of rotatable bonds is 5. The molecule has 4 rings (SSSR count). The summed E-state index contributed by atoms with van der Waals surface area (Å²) in [7, 11) is 0. The van der Waals surface area contributed by atoms with Gasteiger partial charge in [0.1, 0.15) is 23.9 Å². The van der Waals surface area contributed by atoms with Gasteiger partial charge in [0.15, 0.2) is 0 Å². The van der Waals surface area contributed by atoms with E-state index >= 15 is 0 Å².